The van der Waals surface area contributed by atoms with Crippen LogP contribution in [-0.2, 0) is 5.41 Å². The minimum Gasteiger partial charge on any atom is -0.511 e. The first-order valence-electron chi connectivity index (χ1n) is 7.83. The van der Waals surface area contributed by atoms with Gasteiger partial charge in [-0.15, -0.1) is 0 Å². The Morgan fingerprint density at radius 3 is 2.88 bits per heavy atom. The van der Waals surface area contributed by atoms with Crippen LogP contribution in [0.15, 0.2) is 64.5 Å². The van der Waals surface area contributed by atoms with E-state index in [1.54, 1.807) is 12.3 Å². The van der Waals surface area contributed by atoms with Crippen LogP contribution in [0.25, 0.3) is 22.3 Å². The van der Waals surface area contributed by atoms with Gasteiger partial charge >= 0.3 is 0 Å². The van der Waals surface area contributed by atoms with Crippen molar-refractivity contribution in [3.8, 4) is 11.5 Å². The standard InChI is InChI=1S/C19H17N3O2/c1-12-7-8-15(23)19(2,11-12)18-21-17(22-24-18)16-14-6-4-3-5-13(14)9-10-20-16/h3-10,23H,11H2,1-2H3. The van der Waals surface area contributed by atoms with Crippen LogP contribution in [-0.4, -0.2) is 20.2 Å². The largest absolute Gasteiger partial charge is 0.511 e. The molecule has 0 fully saturated rings. The number of nitrogens with zero attached hydrogens (tertiary/aromatic N) is 3. The highest BCUT2D eigenvalue weighted by molar-refractivity contribution is 5.92. The Kier molecular flexibility index (Phi) is 3.23. The van der Waals surface area contributed by atoms with Crippen LogP contribution in [0, 0.1) is 0 Å². The molecule has 1 aliphatic carbocycles. The summed E-state index contributed by atoms with van der Waals surface area (Å²) >= 11 is 0. The maximum absolute atomic E-state index is 10.3. The third-order valence-electron chi connectivity index (χ3n) is 4.51. The maximum Gasteiger partial charge on any atom is 0.240 e. The lowest BCUT2D eigenvalue weighted by molar-refractivity contribution is 0.240. The molecule has 0 saturated heterocycles. The molecule has 2 heterocycles. The van der Waals surface area contributed by atoms with E-state index < -0.39 is 5.41 Å². The summed E-state index contributed by atoms with van der Waals surface area (Å²) in [6, 6.07) is 9.90. The summed E-state index contributed by atoms with van der Waals surface area (Å²) in [4.78, 5) is 8.96. The summed E-state index contributed by atoms with van der Waals surface area (Å²) in [5.41, 5.74) is 1.13. The van der Waals surface area contributed by atoms with Gasteiger partial charge in [0.05, 0.1) is 0 Å². The van der Waals surface area contributed by atoms with Crippen molar-refractivity contribution in [3.63, 3.8) is 0 Å². The lowest BCUT2D eigenvalue weighted by Gasteiger charge is -2.27. The molecule has 2 aromatic heterocycles. The second-order valence-corrected chi connectivity index (χ2v) is 6.38. The van der Waals surface area contributed by atoms with Crippen molar-refractivity contribution in [1.29, 1.82) is 0 Å². The first-order chi connectivity index (χ1) is 11.6. The molecule has 3 aromatic rings. The molecule has 0 bridgehead atoms. The van der Waals surface area contributed by atoms with Crippen molar-refractivity contribution in [1.82, 2.24) is 15.1 Å². The van der Waals surface area contributed by atoms with E-state index in [0.717, 1.165) is 16.3 Å². The van der Waals surface area contributed by atoms with Crippen LogP contribution >= 0.6 is 0 Å². The molecule has 1 aliphatic rings. The Balaban J connectivity index is 1.81. The van der Waals surface area contributed by atoms with Gasteiger partial charge in [0.15, 0.2) is 0 Å². The summed E-state index contributed by atoms with van der Waals surface area (Å²) in [5, 5.41) is 16.5. The molecule has 120 valence electrons. The average molecular weight is 319 g/mol. The van der Waals surface area contributed by atoms with E-state index in [2.05, 4.69) is 15.1 Å². The Morgan fingerprint density at radius 1 is 1.17 bits per heavy atom. The molecule has 1 unspecified atom stereocenters. The second kappa shape index (κ2) is 5.30. The first kappa shape index (κ1) is 14.6. The molecule has 4 rings (SSSR count). The van der Waals surface area contributed by atoms with Gasteiger partial charge in [-0.25, -0.2) is 0 Å². The molecule has 24 heavy (non-hydrogen) atoms. The van der Waals surface area contributed by atoms with Crippen LogP contribution < -0.4 is 0 Å². The van der Waals surface area contributed by atoms with Crippen molar-refractivity contribution < 1.29 is 9.63 Å². The summed E-state index contributed by atoms with van der Waals surface area (Å²) in [5.74, 6) is 1.06. The van der Waals surface area contributed by atoms with Gasteiger partial charge in [0.2, 0.25) is 11.7 Å². The van der Waals surface area contributed by atoms with Crippen LogP contribution in [0.1, 0.15) is 26.2 Å². The molecular formula is C19H17N3O2. The number of aliphatic hydroxyl groups excluding tert-OH is 1. The number of fused-ring (bicyclic) bond motifs is 1. The monoisotopic (exact) mass is 319 g/mol. The number of hydrogen-bond donors (Lipinski definition) is 1. The SMILES string of the molecule is CC1=CC=C(O)C(C)(c2nc(-c3nccc4ccccc34)no2)C1. The van der Waals surface area contributed by atoms with E-state index in [9.17, 15) is 5.11 Å². The van der Waals surface area contributed by atoms with E-state index in [1.807, 2.05) is 50.3 Å². The summed E-state index contributed by atoms with van der Waals surface area (Å²) in [6.07, 6.45) is 5.97. The van der Waals surface area contributed by atoms with Gasteiger partial charge in [-0.3, -0.25) is 4.98 Å². The second-order valence-electron chi connectivity index (χ2n) is 6.38. The van der Waals surface area contributed by atoms with Crippen LogP contribution in [0.2, 0.25) is 0 Å². The molecule has 1 N–H and O–H groups in total. The van der Waals surface area contributed by atoms with Gasteiger partial charge in [-0.2, -0.15) is 4.98 Å². The molecular weight excluding hydrogens is 302 g/mol. The van der Waals surface area contributed by atoms with E-state index in [-0.39, 0.29) is 5.76 Å². The molecule has 1 atom stereocenters. The van der Waals surface area contributed by atoms with Gasteiger partial charge < -0.3 is 9.63 Å². The Bertz CT molecular complexity index is 982. The fraction of sp³-hybridized carbons (Fsp3) is 0.211. The Labute approximate surface area is 139 Å². The van der Waals surface area contributed by atoms with Gasteiger partial charge in [0, 0.05) is 11.6 Å². The number of hydrogen-bond acceptors (Lipinski definition) is 5. The fourth-order valence-electron chi connectivity index (χ4n) is 3.14. The predicted octanol–water partition coefficient (Wildman–Crippen LogP) is 4.33. The summed E-state index contributed by atoms with van der Waals surface area (Å²) in [6.45, 7) is 3.92. The number of pyridine rings is 1. The molecule has 5 heteroatoms. The van der Waals surface area contributed by atoms with Gasteiger partial charge in [-0.05, 0) is 37.8 Å². The first-order valence-corrected chi connectivity index (χ1v) is 7.83. The predicted molar refractivity (Wildman–Crippen MR) is 91.5 cm³/mol. The Morgan fingerprint density at radius 2 is 2.00 bits per heavy atom. The number of rotatable bonds is 2. The highest BCUT2D eigenvalue weighted by Crippen LogP contribution is 2.39. The molecule has 0 radical (unpaired) electrons. The van der Waals surface area contributed by atoms with Gasteiger partial charge in [0.1, 0.15) is 16.9 Å². The highest BCUT2D eigenvalue weighted by Gasteiger charge is 2.39. The van der Waals surface area contributed by atoms with Crippen molar-refractivity contribution in [3.05, 3.63) is 65.9 Å². The molecule has 1 aromatic carbocycles. The zero-order chi connectivity index (χ0) is 16.7. The van der Waals surface area contributed by atoms with Crippen molar-refractivity contribution in [2.24, 2.45) is 0 Å². The Hall–Kier alpha value is -2.95. The zero-order valence-electron chi connectivity index (χ0n) is 13.5. The number of aromatic nitrogens is 3. The zero-order valence-corrected chi connectivity index (χ0v) is 13.5. The van der Waals surface area contributed by atoms with Crippen LogP contribution in [0.4, 0.5) is 0 Å². The van der Waals surface area contributed by atoms with Crippen LogP contribution in [0.5, 0.6) is 0 Å². The van der Waals surface area contributed by atoms with Gasteiger partial charge in [0.25, 0.3) is 0 Å². The average Bonchev–Trinajstić information content (AvgIpc) is 3.08. The van der Waals surface area contributed by atoms with E-state index in [0.29, 0.717) is 23.8 Å². The normalized spacial score (nSPS) is 20.8. The minimum atomic E-state index is -0.700. The molecule has 5 nitrogen and oxygen atoms in total. The fourth-order valence-corrected chi connectivity index (χ4v) is 3.14. The van der Waals surface area contributed by atoms with Crippen molar-refractivity contribution >= 4 is 10.8 Å². The molecule has 0 aliphatic heterocycles. The molecule has 0 spiro atoms. The van der Waals surface area contributed by atoms with E-state index in [1.165, 1.54) is 0 Å². The minimum absolute atomic E-state index is 0.231. The smallest absolute Gasteiger partial charge is 0.240 e. The highest BCUT2D eigenvalue weighted by atomic mass is 16.5. The topological polar surface area (TPSA) is 72.0 Å². The molecule has 0 saturated carbocycles. The lowest BCUT2D eigenvalue weighted by Crippen LogP contribution is -2.27. The number of benzene rings is 1. The van der Waals surface area contributed by atoms with Crippen molar-refractivity contribution in [2.75, 3.05) is 0 Å². The summed E-state index contributed by atoms with van der Waals surface area (Å²) in [7, 11) is 0. The van der Waals surface area contributed by atoms with E-state index >= 15 is 0 Å². The number of aliphatic hydroxyl groups is 1. The van der Waals surface area contributed by atoms with Crippen molar-refractivity contribution in [2.45, 2.75) is 25.7 Å². The van der Waals surface area contributed by atoms with Gasteiger partial charge in [-0.1, -0.05) is 41.1 Å². The lowest BCUT2D eigenvalue weighted by atomic mass is 9.78. The number of allylic oxidation sites excluding steroid dienone is 4. The quantitative estimate of drug-likeness (QED) is 0.761. The third-order valence-corrected chi connectivity index (χ3v) is 4.51. The van der Waals surface area contributed by atoms with E-state index in [4.69, 9.17) is 4.52 Å². The third kappa shape index (κ3) is 2.21. The van der Waals surface area contributed by atoms with Crippen LogP contribution in [0.3, 0.4) is 0 Å². The molecule has 0 amide bonds. The summed E-state index contributed by atoms with van der Waals surface area (Å²) < 4.78 is 5.50. The maximum atomic E-state index is 10.3.